The number of fused-ring (bicyclic) bond motifs is 1. The van der Waals surface area contributed by atoms with Gasteiger partial charge in [0.25, 0.3) is 5.91 Å². The third-order valence-corrected chi connectivity index (χ3v) is 4.86. The van der Waals surface area contributed by atoms with E-state index in [0.717, 1.165) is 32.7 Å². The van der Waals surface area contributed by atoms with Crippen LogP contribution in [0.2, 0.25) is 0 Å². The topological polar surface area (TPSA) is 43.2 Å². The Balaban J connectivity index is 1.31. The molecule has 0 bridgehead atoms. The lowest BCUT2D eigenvalue weighted by molar-refractivity contribution is -0.917. The van der Waals surface area contributed by atoms with Crippen LogP contribution in [-0.4, -0.2) is 49.7 Å². The standard InChI is InChI=1S/C20H22N2O3/c23-20(19-15-24-17-8-4-5-9-18(17)25-19)22-12-10-21(11-13-22)14-16-6-2-1-3-7-16/h1-9,19H,10-15H2/p+1/t19-/m1/s1. The Morgan fingerprint density at radius 2 is 1.68 bits per heavy atom. The van der Waals surface area contributed by atoms with Crippen LogP contribution < -0.4 is 14.4 Å². The number of hydrogen-bond donors (Lipinski definition) is 1. The number of benzene rings is 2. The normalized spacial score (nSPS) is 20.3. The highest BCUT2D eigenvalue weighted by atomic mass is 16.6. The SMILES string of the molecule is O=C([C@H]1COc2ccccc2O1)N1CC[NH+](Cc2ccccc2)CC1. The summed E-state index contributed by atoms with van der Waals surface area (Å²) < 4.78 is 11.5. The molecule has 25 heavy (non-hydrogen) atoms. The lowest BCUT2D eigenvalue weighted by Crippen LogP contribution is -3.13. The van der Waals surface area contributed by atoms with Crippen molar-refractivity contribution >= 4 is 5.91 Å². The largest absolute Gasteiger partial charge is 0.485 e. The predicted molar refractivity (Wildman–Crippen MR) is 93.8 cm³/mol. The smallest absolute Gasteiger partial charge is 0.267 e. The fourth-order valence-electron chi connectivity index (χ4n) is 3.45. The van der Waals surface area contributed by atoms with Crippen LogP contribution in [-0.2, 0) is 11.3 Å². The van der Waals surface area contributed by atoms with Crippen molar-refractivity contribution in [1.82, 2.24) is 4.90 Å². The van der Waals surface area contributed by atoms with Gasteiger partial charge in [0.05, 0.1) is 26.2 Å². The van der Waals surface area contributed by atoms with Crippen molar-refractivity contribution in [2.45, 2.75) is 12.6 Å². The summed E-state index contributed by atoms with van der Waals surface area (Å²) in [4.78, 5) is 16.2. The molecule has 130 valence electrons. The fourth-order valence-corrected chi connectivity index (χ4v) is 3.45. The minimum Gasteiger partial charge on any atom is -0.485 e. The molecule has 0 unspecified atom stereocenters. The first-order valence-corrected chi connectivity index (χ1v) is 8.84. The zero-order valence-electron chi connectivity index (χ0n) is 14.2. The van der Waals surface area contributed by atoms with Crippen molar-refractivity contribution in [3.63, 3.8) is 0 Å². The lowest BCUT2D eigenvalue weighted by atomic mass is 10.2. The highest BCUT2D eigenvalue weighted by Gasteiger charge is 2.33. The molecular formula is C20H23N2O3+. The quantitative estimate of drug-likeness (QED) is 0.898. The van der Waals surface area contributed by atoms with E-state index in [-0.39, 0.29) is 12.5 Å². The van der Waals surface area contributed by atoms with E-state index in [2.05, 4.69) is 24.3 Å². The molecule has 1 amide bonds. The number of nitrogens with one attached hydrogen (secondary N) is 1. The van der Waals surface area contributed by atoms with Crippen LogP contribution in [0.3, 0.4) is 0 Å². The molecule has 2 aliphatic heterocycles. The van der Waals surface area contributed by atoms with Crippen LogP contribution in [0.1, 0.15) is 5.56 Å². The van der Waals surface area contributed by atoms with Gasteiger partial charge in [-0.1, -0.05) is 42.5 Å². The van der Waals surface area contributed by atoms with Gasteiger partial charge < -0.3 is 19.3 Å². The summed E-state index contributed by atoms with van der Waals surface area (Å²) in [5, 5.41) is 0. The van der Waals surface area contributed by atoms with Gasteiger partial charge in [-0.15, -0.1) is 0 Å². The van der Waals surface area contributed by atoms with Gasteiger partial charge in [0, 0.05) is 5.56 Å². The molecule has 0 spiro atoms. The summed E-state index contributed by atoms with van der Waals surface area (Å²) in [6.45, 7) is 4.76. The summed E-state index contributed by atoms with van der Waals surface area (Å²) in [6, 6.07) is 18.0. The Kier molecular flexibility index (Phi) is 4.57. The van der Waals surface area contributed by atoms with E-state index in [0.29, 0.717) is 11.5 Å². The fraction of sp³-hybridized carbons (Fsp3) is 0.350. The average molecular weight is 339 g/mol. The maximum atomic E-state index is 12.7. The summed E-state index contributed by atoms with van der Waals surface area (Å²) in [6.07, 6.45) is -0.537. The highest BCUT2D eigenvalue weighted by Crippen LogP contribution is 2.31. The molecule has 4 rings (SSSR count). The number of piperazine rings is 1. The van der Waals surface area contributed by atoms with Crippen LogP contribution >= 0.6 is 0 Å². The summed E-state index contributed by atoms with van der Waals surface area (Å²) in [5.41, 5.74) is 1.35. The van der Waals surface area contributed by atoms with E-state index in [1.807, 2.05) is 35.2 Å². The van der Waals surface area contributed by atoms with E-state index < -0.39 is 6.10 Å². The second kappa shape index (κ2) is 7.15. The molecular weight excluding hydrogens is 316 g/mol. The molecule has 2 aromatic carbocycles. The molecule has 2 aliphatic rings. The number of nitrogens with zero attached hydrogens (tertiary/aromatic N) is 1. The second-order valence-corrected chi connectivity index (χ2v) is 6.60. The van der Waals surface area contributed by atoms with Crippen LogP contribution in [0.25, 0.3) is 0 Å². The van der Waals surface area contributed by atoms with Gasteiger partial charge >= 0.3 is 0 Å². The number of carbonyl (C=O) groups is 1. The van der Waals surface area contributed by atoms with E-state index in [4.69, 9.17) is 9.47 Å². The highest BCUT2D eigenvalue weighted by molar-refractivity contribution is 5.82. The molecule has 2 heterocycles. The third-order valence-electron chi connectivity index (χ3n) is 4.86. The Labute approximate surface area is 147 Å². The number of quaternary nitrogens is 1. The third kappa shape index (κ3) is 3.61. The summed E-state index contributed by atoms with van der Waals surface area (Å²) >= 11 is 0. The minimum absolute atomic E-state index is 0.0354. The van der Waals surface area contributed by atoms with Gasteiger partial charge in [-0.3, -0.25) is 4.79 Å². The molecule has 2 aromatic rings. The first kappa shape index (κ1) is 16.0. The van der Waals surface area contributed by atoms with Gasteiger partial charge in [0.2, 0.25) is 6.10 Å². The van der Waals surface area contributed by atoms with E-state index in [9.17, 15) is 4.79 Å². The first-order chi connectivity index (χ1) is 12.3. The molecule has 1 fully saturated rings. The number of ether oxygens (including phenoxy) is 2. The van der Waals surface area contributed by atoms with Gasteiger partial charge in [0.15, 0.2) is 11.5 Å². The van der Waals surface area contributed by atoms with Crippen LogP contribution in [0.15, 0.2) is 54.6 Å². The maximum absolute atomic E-state index is 12.7. The zero-order chi connectivity index (χ0) is 17.1. The second-order valence-electron chi connectivity index (χ2n) is 6.60. The van der Waals surface area contributed by atoms with Crippen molar-refractivity contribution < 1.29 is 19.2 Å². The zero-order valence-corrected chi connectivity index (χ0v) is 14.2. The summed E-state index contributed by atoms with van der Waals surface area (Å²) in [5.74, 6) is 1.40. The number of hydrogen-bond acceptors (Lipinski definition) is 3. The average Bonchev–Trinajstić information content (AvgIpc) is 2.68. The Hall–Kier alpha value is -2.53. The molecule has 0 radical (unpaired) electrons. The minimum atomic E-state index is -0.537. The van der Waals surface area contributed by atoms with Gasteiger partial charge in [-0.25, -0.2) is 0 Å². The molecule has 1 saturated heterocycles. The number of para-hydroxylation sites is 2. The van der Waals surface area contributed by atoms with Crippen molar-refractivity contribution in [2.24, 2.45) is 0 Å². The lowest BCUT2D eigenvalue weighted by Gasteiger charge is -2.35. The summed E-state index contributed by atoms with van der Waals surface area (Å²) in [7, 11) is 0. The molecule has 0 aliphatic carbocycles. The number of rotatable bonds is 3. The van der Waals surface area contributed by atoms with Crippen molar-refractivity contribution in [3.8, 4) is 11.5 Å². The van der Waals surface area contributed by atoms with Crippen molar-refractivity contribution in [2.75, 3.05) is 32.8 Å². The maximum Gasteiger partial charge on any atom is 0.267 e. The van der Waals surface area contributed by atoms with Gasteiger partial charge in [-0.2, -0.15) is 0 Å². The monoisotopic (exact) mass is 339 g/mol. The number of carbonyl (C=O) groups excluding carboxylic acids is 1. The van der Waals surface area contributed by atoms with E-state index in [1.54, 1.807) is 0 Å². The van der Waals surface area contributed by atoms with Gasteiger partial charge in [-0.05, 0) is 12.1 Å². The van der Waals surface area contributed by atoms with Crippen molar-refractivity contribution in [1.29, 1.82) is 0 Å². The van der Waals surface area contributed by atoms with Gasteiger partial charge in [0.1, 0.15) is 13.2 Å². The van der Waals surface area contributed by atoms with Crippen LogP contribution in [0.4, 0.5) is 0 Å². The predicted octanol–water partition coefficient (Wildman–Crippen LogP) is 0.754. The molecule has 0 aromatic heterocycles. The Morgan fingerprint density at radius 3 is 2.44 bits per heavy atom. The Morgan fingerprint density at radius 1 is 1.00 bits per heavy atom. The molecule has 1 N–H and O–H groups in total. The van der Waals surface area contributed by atoms with E-state index in [1.165, 1.54) is 10.5 Å². The Bertz CT molecular complexity index is 727. The molecule has 1 atom stereocenters. The van der Waals surface area contributed by atoms with Crippen LogP contribution in [0, 0.1) is 0 Å². The molecule has 5 nitrogen and oxygen atoms in total. The van der Waals surface area contributed by atoms with Crippen molar-refractivity contribution in [3.05, 3.63) is 60.2 Å². The molecule has 0 saturated carbocycles. The number of amides is 1. The van der Waals surface area contributed by atoms with E-state index >= 15 is 0 Å². The molecule has 5 heteroatoms. The van der Waals surface area contributed by atoms with Crippen LogP contribution in [0.5, 0.6) is 11.5 Å². The first-order valence-electron chi connectivity index (χ1n) is 8.84.